The smallest absolute Gasteiger partial charge is 0.131 e. The lowest BCUT2D eigenvalue weighted by Gasteiger charge is -2.10. The SMILES string of the molecule is C1=CC(Nc2ccc3c(c2)Cc2ccccc2-3)=N1. The van der Waals surface area contributed by atoms with Gasteiger partial charge in [0, 0.05) is 11.9 Å². The average Bonchev–Trinajstić information content (AvgIpc) is 2.71. The number of rotatable bonds is 1. The first kappa shape index (κ1) is 9.66. The topological polar surface area (TPSA) is 24.4 Å². The fraction of sp³-hybridized carbons (Fsp3) is 0.0625. The summed E-state index contributed by atoms with van der Waals surface area (Å²) < 4.78 is 0. The highest BCUT2D eigenvalue weighted by atomic mass is 15.0. The van der Waals surface area contributed by atoms with E-state index in [0.29, 0.717) is 0 Å². The van der Waals surface area contributed by atoms with Crippen LogP contribution in [0.2, 0.25) is 0 Å². The Morgan fingerprint density at radius 2 is 1.78 bits per heavy atom. The van der Waals surface area contributed by atoms with Crippen LogP contribution in [-0.4, -0.2) is 5.84 Å². The minimum Gasteiger partial charge on any atom is -0.340 e. The van der Waals surface area contributed by atoms with E-state index in [9.17, 15) is 0 Å². The summed E-state index contributed by atoms with van der Waals surface area (Å²) in [4.78, 5) is 4.12. The molecule has 1 aliphatic heterocycles. The van der Waals surface area contributed by atoms with Crippen LogP contribution in [0.25, 0.3) is 11.1 Å². The van der Waals surface area contributed by atoms with E-state index < -0.39 is 0 Å². The molecule has 0 unspecified atom stereocenters. The van der Waals surface area contributed by atoms with E-state index >= 15 is 0 Å². The molecule has 0 bridgehead atoms. The molecule has 4 rings (SSSR count). The summed E-state index contributed by atoms with van der Waals surface area (Å²) in [5.74, 6) is 0.936. The van der Waals surface area contributed by atoms with Crippen molar-refractivity contribution in [2.45, 2.75) is 6.42 Å². The van der Waals surface area contributed by atoms with Gasteiger partial charge in [-0.1, -0.05) is 30.3 Å². The largest absolute Gasteiger partial charge is 0.340 e. The predicted octanol–water partition coefficient (Wildman–Crippen LogP) is 3.60. The molecule has 2 aromatic carbocycles. The fourth-order valence-electron chi connectivity index (χ4n) is 2.59. The number of amidine groups is 1. The molecule has 1 N–H and O–H groups in total. The Balaban J connectivity index is 1.72. The van der Waals surface area contributed by atoms with Gasteiger partial charge in [0.05, 0.1) is 0 Å². The number of nitrogens with one attached hydrogen (secondary N) is 1. The van der Waals surface area contributed by atoms with Gasteiger partial charge in [0.25, 0.3) is 0 Å². The van der Waals surface area contributed by atoms with Gasteiger partial charge in [0.15, 0.2) is 0 Å². The molecule has 0 aromatic heterocycles. The number of hydrogen-bond donors (Lipinski definition) is 1. The molecule has 1 aliphatic carbocycles. The highest BCUT2D eigenvalue weighted by molar-refractivity contribution is 6.07. The minimum atomic E-state index is 0.936. The summed E-state index contributed by atoms with van der Waals surface area (Å²) in [6.45, 7) is 0. The van der Waals surface area contributed by atoms with Crippen LogP contribution in [0, 0.1) is 0 Å². The summed E-state index contributed by atoms with van der Waals surface area (Å²) in [7, 11) is 0. The zero-order chi connectivity index (χ0) is 11.9. The van der Waals surface area contributed by atoms with E-state index in [1.807, 2.05) is 6.08 Å². The molecule has 18 heavy (non-hydrogen) atoms. The summed E-state index contributed by atoms with van der Waals surface area (Å²) >= 11 is 0. The molecule has 0 amide bonds. The second-order valence-electron chi connectivity index (χ2n) is 4.66. The Labute approximate surface area is 106 Å². The lowest BCUT2D eigenvalue weighted by Crippen LogP contribution is -2.12. The van der Waals surface area contributed by atoms with E-state index in [2.05, 4.69) is 52.8 Å². The van der Waals surface area contributed by atoms with Crippen LogP contribution in [0.3, 0.4) is 0 Å². The van der Waals surface area contributed by atoms with Crippen molar-refractivity contribution in [1.82, 2.24) is 0 Å². The zero-order valence-electron chi connectivity index (χ0n) is 9.85. The molecule has 1 heterocycles. The molecule has 2 nitrogen and oxygen atoms in total. The number of benzene rings is 2. The molecule has 2 aromatic rings. The highest BCUT2D eigenvalue weighted by Gasteiger charge is 2.17. The van der Waals surface area contributed by atoms with E-state index in [4.69, 9.17) is 0 Å². The van der Waals surface area contributed by atoms with Crippen molar-refractivity contribution in [1.29, 1.82) is 0 Å². The van der Waals surface area contributed by atoms with Crippen molar-refractivity contribution in [3.05, 3.63) is 65.9 Å². The minimum absolute atomic E-state index is 0.936. The van der Waals surface area contributed by atoms with Gasteiger partial charge in [-0.15, -0.1) is 0 Å². The predicted molar refractivity (Wildman–Crippen MR) is 74.9 cm³/mol. The first-order valence-corrected chi connectivity index (χ1v) is 6.13. The zero-order valence-corrected chi connectivity index (χ0v) is 9.85. The third-order valence-electron chi connectivity index (χ3n) is 3.51. The van der Waals surface area contributed by atoms with Crippen LogP contribution in [0.4, 0.5) is 5.69 Å². The third kappa shape index (κ3) is 1.39. The van der Waals surface area contributed by atoms with Crippen molar-refractivity contribution >= 4 is 11.5 Å². The molecular weight excluding hydrogens is 220 g/mol. The van der Waals surface area contributed by atoms with E-state index in [1.54, 1.807) is 6.20 Å². The summed E-state index contributed by atoms with van der Waals surface area (Å²) in [6.07, 6.45) is 4.80. The van der Waals surface area contributed by atoms with Gasteiger partial charge in [-0.2, -0.15) is 0 Å². The average molecular weight is 232 g/mol. The van der Waals surface area contributed by atoms with Crippen LogP contribution >= 0.6 is 0 Å². The number of aliphatic imine (C=N–C) groups is 1. The monoisotopic (exact) mass is 232 g/mol. The molecule has 0 fully saturated rings. The maximum absolute atomic E-state index is 4.12. The van der Waals surface area contributed by atoms with Crippen LogP contribution in [0.1, 0.15) is 11.1 Å². The van der Waals surface area contributed by atoms with Gasteiger partial charge in [0.1, 0.15) is 5.84 Å². The van der Waals surface area contributed by atoms with Gasteiger partial charge in [0.2, 0.25) is 0 Å². The quantitative estimate of drug-likeness (QED) is 0.681. The van der Waals surface area contributed by atoms with Crippen molar-refractivity contribution in [2.75, 3.05) is 5.32 Å². The standard InChI is InChI=1S/C16H12N2/c1-2-4-14-11(3-1)9-12-10-13(5-6-15(12)14)18-16-7-8-17-16/h1-8,10H,9H2,(H,17,18). The van der Waals surface area contributed by atoms with Crippen molar-refractivity contribution < 1.29 is 0 Å². The van der Waals surface area contributed by atoms with Gasteiger partial charge < -0.3 is 5.32 Å². The Hall–Kier alpha value is -2.35. The lowest BCUT2D eigenvalue weighted by molar-refractivity contribution is 1.26. The number of fused-ring (bicyclic) bond motifs is 3. The Kier molecular flexibility index (Phi) is 1.92. The van der Waals surface area contributed by atoms with Crippen molar-refractivity contribution in [3.63, 3.8) is 0 Å². The summed E-state index contributed by atoms with van der Waals surface area (Å²) in [5, 5.41) is 3.30. The van der Waals surface area contributed by atoms with Crippen molar-refractivity contribution in [2.24, 2.45) is 4.99 Å². The molecule has 0 spiro atoms. The van der Waals surface area contributed by atoms with Crippen LogP contribution in [-0.2, 0) is 6.42 Å². The van der Waals surface area contributed by atoms with Gasteiger partial charge >= 0.3 is 0 Å². The van der Waals surface area contributed by atoms with Gasteiger partial charge in [-0.3, -0.25) is 0 Å². The second kappa shape index (κ2) is 3.57. The molecule has 0 atom stereocenters. The van der Waals surface area contributed by atoms with Crippen LogP contribution in [0.15, 0.2) is 59.7 Å². The van der Waals surface area contributed by atoms with Gasteiger partial charge in [-0.25, -0.2) is 4.99 Å². The number of nitrogens with zero attached hydrogens (tertiary/aromatic N) is 1. The first-order valence-electron chi connectivity index (χ1n) is 6.13. The summed E-state index contributed by atoms with van der Waals surface area (Å²) in [5.41, 5.74) is 6.67. The molecule has 0 saturated carbocycles. The molecular formula is C16H12N2. The van der Waals surface area contributed by atoms with E-state index in [0.717, 1.165) is 17.9 Å². The number of anilines is 1. The van der Waals surface area contributed by atoms with E-state index in [-0.39, 0.29) is 0 Å². The van der Waals surface area contributed by atoms with Crippen LogP contribution in [0.5, 0.6) is 0 Å². The lowest BCUT2D eigenvalue weighted by atomic mass is 10.1. The Bertz CT molecular complexity index is 696. The molecule has 86 valence electrons. The highest BCUT2D eigenvalue weighted by Crippen LogP contribution is 2.37. The summed E-state index contributed by atoms with van der Waals surface area (Å²) in [6, 6.07) is 15.2. The number of hydrogen-bond acceptors (Lipinski definition) is 2. The Morgan fingerprint density at radius 3 is 2.61 bits per heavy atom. The maximum Gasteiger partial charge on any atom is 0.131 e. The molecule has 2 heteroatoms. The first-order chi connectivity index (χ1) is 8.90. The molecule has 0 saturated heterocycles. The molecule has 2 aliphatic rings. The second-order valence-corrected chi connectivity index (χ2v) is 4.66. The normalized spacial score (nSPS) is 14.6. The van der Waals surface area contributed by atoms with Gasteiger partial charge in [-0.05, 0) is 46.9 Å². The molecule has 0 radical (unpaired) electrons. The fourth-order valence-corrected chi connectivity index (χ4v) is 2.59. The van der Waals surface area contributed by atoms with Crippen LogP contribution < -0.4 is 5.32 Å². The van der Waals surface area contributed by atoms with E-state index in [1.165, 1.54) is 22.3 Å². The third-order valence-corrected chi connectivity index (χ3v) is 3.51. The maximum atomic E-state index is 4.12. The Morgan fingerprint density at radius 1 is 0.944 bits per heavy atom. The van der Waals surface area contributed by atoms with Crippen molar-refractivity contribution in [3.8, 4) is 11.1 Å².